The van der Waals surface area contributed by atoms with Gasteiger partial charge in [-0.1, -0.05) is 24.6 Å². The van der Waals surface area contributed by atoms with E-state index in [9.17, 15) is 4.79 Å². The molecule has 1 aromatic carbocycles. The van der Waals surface area contributed by atoms with Gasteiger partial charge in [0.2, 0.25) is 0 Å². The second-order valence-corrected chi connectivity index (χ2v) is 7.08. The van der Waals surface area contributed by atoms with Crippen molar-refractivity contribution in [2.45, 2.75) is 38.6 Å². The second kappa shape index (κ2) is 5.84. The minimum absolute atomic E-state index is 0.0602. The van der Waals surface area contributed by atoms with Crippen molar-refractivity contribution in [3.63, 3.8) is 0 Å². The van der Waals surface area contributed by atoms with Gasteiger partial charge in [-0.3, -0.25) is 4.79 Å². The van der Waals surface area contributed by atoms with Crippen LogP contribution in [0.2, 0.25) is 0 Å². The van der Waals surface area contributed by atoms with Gasteiger partial charge in [0.25, 0.3) is 5.91 Å². The molecule has 1 N–H and O–H groups in total. The Labute approximate surface area is 136 Å². The molecule has 4 rings (SSSR count). The molecule has 0 radical (unpaired) electrons. The molecule has 4 atom stereocenters. The first-order valence-electron chi connectivity index (χ1n) is 8.62. The third-order valence-corrected chi connectivity index (χ3v) is 5.64. The van der Waals surface area contributed by atoms with Crippen LogP contribution in [0.25, 0.3) is 5.69 Å². The minimum atomic E-state index is -0.0602. The van der Waals surface area contributed by atoms with Crippen LogP contribution in [0.1, 0.15) is 43.1 Å². The molecule has 120 valence electrons. The molecule has 0 spiro atoms. The van der Waals surface area contributed by atoms with Crippen molar-refractivity contribution in [1.82, 2.24) is 15.1 Å². The summed E-state index contributed by atoms with van der Waals surface area (Å²) in [5.41, 5.74) is 1.46. The van der Waals surface area contributed by atoms with E-state index >= 15 is 0 Å². The number of aromatic nitrogens is 2. The zero-order chi connectivity index (χ0) is 15.8. The molecular weight excluding hydrogens is 286 g/mol. The molecule has 2 aliphatic rings. The Morgan fingerprint density at radius 2 is 2.04 bits per heavy atom. The zero-order valence-electron chi connectivity index (χ0n) is 13.5. The quantitative estimate of drug-likeness (QED) is 0.940. The van der Waals surface area contributed by atoms with Crippen molar-refractivity contribution in [3.8, 4) is 5.69 Å². The minimum Gasteiger partial charge on any atom is -0.348 e. The van der Waals surface area contributed by atoms with Gasteiger partial charge in [-0.25, -0.2) is 4.68 Å². The Kier molecular flexibility index (Phi) is 3.68. The van der Waals surface area contributed by atoms with Gasteiger partial charge in [-0.15, -0.1) is 0 Å². The Balaban J connectivity index is 1.42. The smallest absolute Gasteiger partial charge is 0.272 e. The number of fused-ring (bicyclic) bond motifs is 2. The molecule has 2 aromatic rings. The highest BCUT2D eigenvalue weighted by Gasteiger charge is 2.42. The highest BCUT2D eigenvalue weighted by molar-refractivity contribution is 5.92. The predicted octanol–water partition coefficient (Wildman–Crippen LogP) is 3.43. The summed E-state index contributed by atoms with van der Waals surface area (Å²) in [6.07, 6.45) is 7.23. The van der Waals surface area contributed by atoms with Crippen molar-refractivity contribution in [1.29, 1.82) is 0 Å². The average Bonchev–Trinajstić information content (AvgIpc) is 3.31. The number of carbonyl (C=O) groups is 1. The van der Waals surface area contributed by atoms with Crippen LogP contribution in [-0.4, -0.2) is 21.7 Å². The normalized spacial score (nSPS) is 27.1. The van der Waals surface area contributed by atoms with Crippen molar-refractivity contribution in [3.05, 3.63) is 48.3 Å². The third-order valence-electron chi connectivity index (χ3n) is 5.64. The first-order valence-corrected chi connectivity index (χ1v) is 8.62. The highest BCUT2D eigenvalue weighted by atomic mass is 16.2. The molecule has 1 heterocycles. The molecule has 4 heteroatoms. The summed E-state index contributed by atoms with van der Waals surface area (Å²) in [6, 6.07) is 11.9. The lowest BCUT2D eigenvalue weighted by Gasteiger charge is -2.28. The summed E-state index contributed by atoms with van der Waals surface area (Å²) in [7, 11) is 0. The number of rotatable bonds is 4. The molecule has 2 bridgehead atoms. The lowest BCUT2D eigenvalue weighted by atomic mass is 9.84. The van der Waals surface area contributed by atoms with Gasteiger partial charge in [0.05, 0.1) is 5.69 Å². The zero-order valence-corrected chi connectivity index (χ0v) is 13.5. The molecule has 0 aliphatic heterocycles. The van der Waals surface area contributed by atoms with Crippen LogP contribution in [0.4, 0.5) is 0 Å². The average molecular weight is 309 g/mol. The van der Waals surface area contributed by atoms with Crippen LogP contribution in [0.5, 0.6) is 0 Å². The monoisotopic (exact) mass is 309 g/mol. The van der Waals surface area contributed by atoms with E-state index in [1.54, 1.807) is 10.7 Å². The molecule has 4 nitrogen and oxygen atoms in total. The van der Waals surface area contributed by atoms with Gasteiger partial charge in [0, 0.05) is 12.2 Å². The Hall–Kier alpha value is -2.10. The highest BCUT2D eigenvalue weighted by Crippen LogP contribution is 2.49. The van der Waals surface area contributed by atoms with E-state index in [1.807, 2.05) is 36.5 Å². The van der Waals surface area contributed by atoms with Crippen molar-refractivity contribution in [2.24, 2.45) is 17.8 Å². The summed E-state index contributed by atoms with van der Waals surface area (Å²) < 4.78 is 1.75. The van der Waals surface area contributed by atoms with Gasteiger partial charge in [0.1, 0.15) is 0 Å². The fourth-order valence-electron chi connectivity index (χ4n) is 4.46. The summed E-state index contributed by atoms with van der Waals surface area (Å²) in [4.78, 5) is 12.5. The van der Waals surface area contributed by atoms with Gasteiger partial charge >= 0.3 is 0 Å². The number of benzene rings is 1. The van der Waals surface area contributed by atoms with Crippen LogP contribution >= 0.6 is 0 Å². The standard InChI is InChI=1S/C19H23N3O/c1-13(17-12-14-7-8-15(17)11-14)20-19(23)18-9-10-22(21-18)16-5-3-2-4-6-16/h2-6,9-10,13-15,17H,7-8,11-12H2,1H3,(H,20,23)/t13-,14+,15+,17-/m1/s1. The lowest BCUT2D eigenvalue weighted by molar-refractivity contribution is 0.0910. The summed E-state index contributed by atoms with van der Waals surface area (Å²) in [5.74, 6) is 2.31. The molecule has 0 unspecified atom stereocenters. The first kappa shape index (κ1) is 14.5. The van der Waals surface area contributed by atoms with E-state index in [1.165, 1.54) is 25.7 Å². The summed E-state index contributed by atoms with van der Waals surface area (Å²) in [6.45, 7) is 2.15. The van der Waals surface area contributed by atoms with E-state index in [0.29, 0.717) is 11.6 Å². The lowest BCUT2D eigenvalue weighted by Crippen LogP contribution is -2.40. The Bertz CT molecular complexity index is 694. The van der Waals surface area contributed by atoms with Crippen LogP contribution in [0.3, 0.4) is 0 Å². The fraction of sp³-hybridized carbons (Fsp3) is 0.474. The molecule has 2 fully saturated rings. The largest absolute Gasteiger partial charge is 0.348 e. The molecule has 2 aliphatic carbocycles. The van der Waals surface area contributed by atoms with E-state index in [0.717, 1.165) is 17.5 Å². The van der Waals surface area contributed by atoms with E-state index in [-0.39, 0.29) is 11.9 Å². The van der Waals surface area contributed by atoms with E-state index in [4.69, 9.17) is 0 Å². The Morgan fingerprint density at radius 3 is 2.74 bits per heavy atom. The topological polar surface area (TPSA) is 46.9 Å². The first-order chi connectivity index (χ1) is 11.2. The predicted molar refractivity (Wildman–Crippen MR) is 89.4 cm³/mol. The summed E-state index contributed by atoms with van der Waals surface area (Å²) in [5, 5.41) is 7.59. The maximum Gasteiger partial charge on any atom is 0.272 e. The molecule has 2 saturated carbocycles. The number of carbonyl (C=O) groups excluding carboxylic acids is 1. The van der Waals surface area contributed by atoms with Crippen molar-refractivity contribution >= 4 is 5.91 Å². The van der Waals surface area contributed by atoms with E-state index < -0.39 is 0 Å². The number of nitrogens with one attached hydrogen (secondary N) is 1. The number of amides is 1. The van der Waals surface area contributed by atoms with Crippen LogP contribution in [0, 0.1) is 17.8 Å². The molecule has 1 aromatic heterocycles. The van der Waals surface area contributed by atoms with Crippen LogP contribution in [0.15, 0.2) is 42.6 Å². The number of para-hydroxylation sites is 1. The van der Waals surface area contributed by atoms with Crippen molar-refractivity contribution in [2.75, 3.05) is 0 Å². The van der Waals surface area contributed by atoms with Gasteiger partial charge < -0.3 is 5.32 Å². The number of hydrogen-bond donors (Lipinski definition) is 1. The Morgan fingerprint density at radius 1 is 1.22 bits per heavy atom. The molecule has 0 saturated heterocycles. The molecule has 1 amide bonds. The number of hydrogen-bond acceptors (Lipinski definition) is 2. The van der Waals surface area contributed by atoms with E-state index in [2.05, 4.69) is 17.3 Å². The van der Waals surface area contributed by atoms with Crippen LogP contribution in [-0.2, 0) is 0 Å². The number of nitrogens with zero attached hydrogens (tertiary/aromatic N) is 2. The molecular formula is C19H23N3O. The second-order valence-electron chi connectivity index (χ2n) is 7.08. The van der Waals surface area contributed by atoms with Gasteiger partial charge in [0.15, 0.2) is 5.69 Å². The van der Waals surface area contributed by atoms with Crippen LogP contribution < -0.4 is 5.32 Å². The van der Waals surface area contributed by atoms with Gasteiger partial charge in [-0.2, -0.15) is 5.10 Å². The van der Waals surface area contributed by atoms with Gasteiger partial charge in [-0.05, 0) is 62.1 Å². The van der Waals surface area contributed by atoms with Crippen molar-refractivity contribution < 1.29 is 4.79 Å². The third kappa shape index (κ3) is 2.78. The maximum atomic E-state index is 12.5. The molecule has 23 heavy (non-hydrogen) atoms. The summed E-state index contributed by atoms with van der Waals surface area (Å²) >= 11 is 0. The fourth-order valence-corrected chi connectivity index (χ4v) is 4.46. The maximum absolute atomic E-state index is 12.5. The SMILES string of the molecule is C[C@@H](NC(=O)c1ccn(-c2ccccc2)n1)[C@H]1C[C@H]2CC[C@H]1C2.